The summed E-state index contributed by atoms with van der Waals surface area (Å²) in [5.41, 5.74) is 4.60. The van der Waals surface area contributed by atoms with E-state index in [-0.39, 0.29) is 56.3 Å². The molecule has 2 unspecified atom stereocenters. The Labute approximate surface area is 320 Å². The number of nitrogens with zero attached hydrogens (tertiary/aromatic N) is 2. The highest BCUT2D eigenvalue weighted by Gasteiger charge is 2.57. The summed E-state index contributed by atoms with van der Waals surface area (Å²) >= 11 is 13.5. The fourth-order valence-electron chi connectivity index (χ4n) is 6.18. The second kappa shape index (κ2) is 16.8. The molecule has 2 atom stereocenters. The Morgan fingerprint density at radius 3 is 2.19 bits per heavy atom. The highest BCUT2D eigenvalue weighted by Crippen LogP contribution is 2.52. The molecule has 4 rings (SSSR count). The molecule has 4 amide bonds. The van der Waals surface area contributed by atoms with Crippen LogP contribution in [0.4, 0.5) is 21.0 Å². The smallest absolute Gasteiger partial charge is 0.407 e. The molecule has 0 fully saturated rings. The fourth-order valence-corrected chi connectivity index (χ4v) is 8.22. The summed E-state index contributed by atoms with van der Waals surface area (Å²) in [6.07, 6.45) is 0.367. The summed E-state index contributed by atoms with van der Waals surface area (Å²) in [6.45, 7) is 10.1. The molecular weight excluding hydrogens is 745 g/mol. The lowest BCUT2D eigenvalue weighted by molar-refractivity contribution is -0.142. The van der Waals surface area contributed by atoms with Gasteiger partial charge in [-0.15, -0.1) is 0 Å². The number of unbranched alkanes of at least 4 members (excludes halogenated alkanes) is 1. The van der Waals surface area contributed by atoms with E-state index in [1.54, 1.807) is 37.8 Å². The molecule has 0 aromatic heterocycles. The van der Waals surface area contributed by atoms with Gasteiger partial charge in [-0.05, 0) is 95.5 Å². The Morgan fingerprint density at radius 2 is 1.60 bits per heavy atom. The molecule has 16 heteroatoms. The Hall–Kier alpha value is -4.37. The fraction of sp³-hybridized carbons (Fsp3) is 0.405. The zero-order valence-corrected chi connectivity index (χ0v) is 32.8. The Kier molecular flexibility index (Phi) is 13.1. The first-order chi connectivity index (χ1) is 24.9. The van der Waals surface area contributed by atoms with Crippen LogP contribution in [-0.4, -0.2) is 69.7 Å². The zero-order valence-electron chi connectivity index (χ0n) is 30.5. The summed E-state index contributed by atoms with van der Waals surface area (Å²) in [5.74, 6) is -2.84. The lowest BCUT2D eigenvalue weighted by Crippen LogP contribution is -2.50. The topological polar surface area (TPSA) is 177 Å². The SMILES string of the molecule is CCN(CC)C(=O)Nc1ccc(S(=O)(=O)N2C(=O)C(N)(c3ccccc3Cl)c3c2ccc(Cl)c3C(CCCCNC(=O)OC(C)(C)C)C(=O)OC)cc1. The van der Waals surface area contributed by atoms with Gasteiger partial charge in [0.1, 0.15) is 5.60 Å². The van der Waals surface area contributed by atoms with Gasteiger partial charge in [0.2, 0.25) is 0 Å². The molecule has 0 spiro atoms. The lowest BCUT2D eigenvalue weighted by Gasteiger charge is -2.29. The molecule has 0 bridgehead atoms. The Bertz CT molecular complexity index is 1970. The van der Waals surface area contributed by atoms with Crippen molar-refractivity contribution < 1.29 is 37.1 Å². The van der Waals surface area contributed by atoms with Crippen LogP contribution in [-0.2, 0) is 34.6 Å². The van der Waals surface area contributed by atoms with Crippen molar-refractivity contribution >= 4 is 68.6 Å². The number of rotatable bonds is 13. The van der Waals surface area contributed by atoms with E-state index in [9.17, 15) is 27.6 Å². The molecule has 0 saturated carbocycles. The first kappa shape index (κ1) is 41.4. The van der Waals surface area contributed by atoms with Gasteiger partial charge in [-0.2, -0.15) is 0 Å². The number of esters is 1. The highest BCUT2D eigenvalue weighted by atomic mass is 35.5. The number of carbonyl (C=O) groups is 4. The van der Waals surface area contributed by atoms with Gasteiger partial charge in [0.05, 0.1) is 23.6 Å². The zero-order chi connectivity index (χ0) is 39.3. The molecular formula is C37H45Cl2N5O8S. The van der Waals surface area contributed by atoms with Crippen LogP contribution in [0.25, 0.3) is 0 Å². The summed E-state index contributed by atoms with van der Waals surface area (Å²) in [6, 6.07) is 14.0. The summed E-state index contributed by atoms with van der Waals surface area (Å²) in [7, 11) is -3.46. The third-order valence-corrected chi connectivity index (χ3v) is 11.1. The van der Waals surface area contributed by atoms with Crippen LogP contribution >= 0.6 is 23.2 Å². The van der Waals surface area contributed by atoms with E-state index in [1.165, 1.54) is 55.6 Å². The number of amides is 4. The van der Waals surface area contributed by atoms with Crippen LogP contribution in [0.1, 0.15) is 76.5 Å². The number of nitrogens with two attached hydrogens (primary N) is 1. The summed E-state index contributed by atoms with van der Waals surface area (Å²) in [5, 5.41) is 5.54. The van der Waals surface area contributed by atoms with Crippen LogP contribution < -0.4 is 20.7 Å². The number of fused-ring (bicyclic) bond motifs is 1. The standard InChI is InChI=1S/C37H45Cl2N5O8S/c1-7-43(8-2)34(47)42-23-16-18-24(19-17-23)53(49,50)44-29-21-20-28(39)30(31(29)37(40,33(44)46)26-14-9-10-15-27(26)38)25(32(45)51-6)13-11-12-22-41-35(48)52-36(3,4)5/h9-10,14-21,25H,7-8,11-13,22,40H2,1-6H3,(H,41,48)(H,42,47). The number of halogens is 2. The minimum Gasteiger partial charge on any atom is -0.469 e. The van der Waals surface area contributed by atoms with Gasteiger partial charge in [-0.3, -0.25) is 9.59 Å². The van der Waals surface area contributed by atoms with Crippen LogP contribution in [0.2, 0.25) is 10.0 Å². The van der Waals surface area contributed by atoms with E-state index >= 15 is 0 Å². The van der Waals surface area contributed by atoms with Crippen LogP contribution in [0.3, 0.4) is 0 Å². The maximum Gasteiger partial charge on any atom is 0.407 e. The van der Waals surface area contributed by atoms with E-state index < -0.39 is 45.1 Å². The van der Waals surface area contributed by atoms with Gasteiger partial charge in [0.15, 0.2) is 5.54 Å². The molecule has 1 aliphatic heterocycles. The van der Waals surface area contributed by atoms with Crippen LogP contribution in [0, 0.1) is 0 Å². The van der Waals surface area contributed by atoms with Crippen LogP contribution in [0.5, 0.6) is 0 Å². The van der Waals surface area contributed by atoms with Crippen molar-refractivity contribution in [2.24, 2.45) is 5.73 Å². The number of carbonyl (C=O) groups excluding carboxylic acids is 4. The molecule has 13 nitrogen and oxygen atoms in total. The Morgan fingerprint density at radius 1 is 0.962 bits per heavy atom. The van der Waals surface area contributed by atoms with E-state index in [1.807, 2.05) is 13.8 Å². The first-order valence-electron chi connectivity index (χ1n) is 17.1. The molecule has 53 heavy (non-hydrogen) atoms. The van der Waals surface area contributed by atoms with Crippen molar-refractivity contribution in [3.63, 3.8) is 0 Å². The molecule has 0 aliphatic carbocycles. The number of nitrogens with one attached hydrogen (secondary N) is 2. The van der Waals surface area contributed by atoms with Crippen molar-refractivity contribution in [3.8, 4) is 0 Å². The van der Waals surface area contributed by atoms with Crippen molar-refractivity contribution in [1.29, 1.82) is 0 Å². The highest BCUT2D eigenvalue weighted by molar-refractivity contribution is 7.93. The van der Waals surface area contributed by atoms with Crippen molar-refractivity contribution in [2.45, 2.75) is 75.8 Å². The lowest BCUT2D eigenvalue weighted by atomic mass is 9.78. The number of hydrogen-bond acceptors (Lipinski definition) is 9. The quantitative estimate of drug-likeness (QED) is 0.125. The molecule has 4 N–H and O–H groups in total. The molecule has 1 heterocycles. The third kappa shape index (κ3) is 8.72. The average molecular weight is 791 g/mol. The minimum atomic E-state index is -4.66. The molecule has 0 radical (unpaired) electrons. The maximum atomic E-state index is 14.7. The predicted octanol–water partition coefficient (Wildman–Crippen LogP) is 6.76. The van der Waals surface area contributed by atoms with E-state index in [4.69, 9.17) is 38.4 Å². The largest absolute Gasteiger partial charge is 0.469 e. The van der Waals surface area contributed by atoms with Crippen molar-refractivity contribution in [3.05, 3.63) is 87.4 Å². The monoisotopic (exact) mass is 789 g/mol. The number of urea groups is 1. The summed E-state index contributed by atoms with van der Waals surface area (Å²) < 4.78 is 39.9. The van der Waals surface area contributed by atoms with Crippen LogP contribution in [0.15, 0.2) is 65.6 Å². The molecule has 286 valence electrons. The molecule has 3 aromatic carbocycles. The number of sulfonamides is 1. The van der Waals surface area contributed by atoms with Crippen molar-refractivity contribution in [2.75, 3.05) is 36.4 Å². The summed E-state index contributed by atoms with van der Waals surface area (Å²) in [4.78, 5) is 54.2. The third-order valence-electron chi connectivity index (χ3n) is 8.72. The second-order valence-corrected chi connectivity index (χ2v) is 15.9. The van der Waals surface area contributed by atoms with Gasteiger partial charge in [0.25, 0.3) is 15.9 Å². The normalized spacial score (nSPS) is 16.1. The number of methoxy groups -OCH3 is 1. The number of hydrogen-bond donors (Lipinski definition) is 3. The average Bonchev–Trinajstić information content (AvgIpc) is 3.33. The predicted molar refractivity (Wildman–Crippen MR) is 204 cm³/mol. The number of benzene rings is 3. The molecule has 3 aromatic rings. The van der Waals surface area contributed by atoms with Gasteiger partial charge in [-0.25, -0.2) is 22.3 Å². The van der Waals surface area contributed by atoms with E-state index in [0.29, 0.717) is 35.9 Å². The van der Waals surface area contributed by atoms with Crippen molar-refractivity contribution in [1.82, 2.24) is 10.2 Å². The van der Waals surface area contributed by atoms with E-state index in [0.717, 1.165) is 0 Å². The van der Waals surface area contributed by atoms with Gasteiger partial charge >= 0.3 is 18.1 Å². The Balaban J connectivity index is 1.79. The first-order valence-corrected chi connectivity index (χ1v) is 19.3. The second-order valence-electron chi connectivity index (χ2n) is 13.3. The maximum absolute atomic E-state index is 14.7. The number of alkyl carbamates (subject to hydrolysis) is 1. The van der Waals surface area contributed by atoms with Gasteiger partial charge < -0.3 is 30.7 Å². The van der Waals surface area contributed by atoms with Gasteiger partial charge in [0, 0.05) is 46.5 Å². The van der Waals surface area contributed by atoms with E-state index in [2.05, 4.69) is 10.6 Å². The molecule has 0 saturated heterocycles. The molecule has 1 aliphatic rings. The number of anilines is 2. The minimum absolute atomic E-state index is 0.0166. The van der Waals surface area contributed by atoms with Gasteiger partial charge in [-0.1, -0.05) is 47.8 Å². The number of ether oxygens (including phenoxy) is 2.